The summed E-state index contributed by atoms with van der Waals surface area (Å²) in [6, 6.07) is 7.56. The number of amides is 2. The van der Waals surface area contributed by atoms with E-state index in [9.17, 15) is 14.7 Å². The van der Waals surface area contributed by atoms with Crippen LogP contribution < -0.4 is 5.32 Å². The summed E-state index contributed by atoms with van der Waals surface area (Å²) in [6.07, 6.45) is 3.66. The van der Waals surface area contributed by atoms with E-state index in [0.29, 0.717) is 18.8 Å². The number of likely N-dealkylation sites (tertiary alicyclic amines) is 1. The minimum absolute atomic E-state index is 0.0511. The lowest BCUT2D eigenvalue weighted by Crippen LogP contribution is -2.45. The number of nitrogens with one attached hydrogen (secondary N) is 1. The molecule has 0 saturated carbocycles. The summed E-state index contributed by atoms with van der Waals surface area (Å²) in [5, 5.41) is 13.0. The van der Waals surface area contributed by atoms with Gasteiger partial charge in [-0.25, -0.2) is 0 Å². The normalized spacial score (nSPS) is 18.2. The second-order valence-corrected chi connectivity index (χ2v) is 6.10. The molecule has 0 spiro atoms. The minimum Gasteiger partial charge on any atom is -0.396 e. The average Bonchev–Trinajstić information content (AvgIpc) is 2.95. The lowest BCUT2D eigenvalue weighted by molar-refractivity contribution is -0.144. The molecule has 2 amide bonds. The van der Waals surface area contributed by atoms with Gasteiger partial charge in [0.15, 0.2) is 0 Å². The van der Waals surface area contributed by atoms with Gasteiger partial charge in [0, 0.05) is 44.1 Å². The van der Waals surface area contributed by atoms with Crippen LogP contribution in [-0.4, -0.2) is 46.1 Å². The fraction of sp³-hybridized carbons (Fsp3) is 0.412. The number of aryl methyl sites for hydroxylation is 1. The summed E-state index contributed by atoms with van der Waals surface area (Å²) >= 11 is 0. The van der Waals surface area contributed by atoms with E-state index in [1.807, 2.05) is 36.0 Å². The molecule has 23 heavy (non-hydrogen) atoms. The first-order valence-electron chi connectivity index (χ1n) is 7.84. The van der Waals surface area contributed by atoms with E-state index >= 15 is 0 Å². The van der Waals surface area contributed by atoms with Crippen molar-refractivity contribution in [3.05, 3.63) is 30.5 Å². The van der Waals surface area contributed by atoms with Crippen molar-refractivity contribution in [3.8, 4) is 0 Å². The first-order chi connectivity index (χ1) is 11.1. The van der Waals surface area contributed by atoms with Gasteiger partial charge in [-0.05, 0) is 42.3 Å². The predicted molar refractivity (Wildman–Crippen MR) is 87.9 cm³/mol. The number of anilines is 1. The van der Waals surface area contributed by atoms with E-state index in [0.717, 1.165) is 23.7 Å². The molecular formula is C17H21N3O3. The van der Waals surface area contributed by atoms with Crippen molar-refractivity contribution in [2.45, 2.75) is 12.8 Å². The molecule has 1 fully saturated rings. The van der Waals surface area contributed by atoms with Gasteiger partial charge in [-0.2, -0.15) is 0 Å². The standard InChI is InChI=1S/C17H21N3O3/c1-19-8-6-13-4-5-14(9-15(13)19)18-16(22)17(23)20-7-2-3-12(10-20)11-21/h4-6,8-9,12,21H,2-3,7,10-11H2,1H3,(H,18,22). The van der Waals surface area contributed by atoms with Crippen molar-refractivity contribution in [1.82, 2.24) is 9.47 Å². The summed E-state index contributed by atoms with van der Waals surface area (Å²) in [4.78, 5) is 26.0. The molecule has 1 aliphatic rings. The van der Waals surface area contributed by atoms with Crippen molar-refractivity contribution in [3.63, 3.8) is 0 Å². The number of rotatable bonds is 2. The average molecular weight is 315 g/mol. The highest BCUT2D eigenvalue weighted by Crippen LogP contribution is 2.20. The molecular weight excluding hydrogens is 294 g/mol. The molecule has 1 aromatic heterocycles. The van der Waals surface area contributed by atoms with E-state index in [4.69, 9.17) is 0 Å². The molecule has 2 N–H and O–H groups in total. The highest BCUT2D eigenvalue weighted by Gasteiger charge is 2.27. The zero-order chi connectivity index (χ0) is 16.4. The smallest absolute Gasteiger partial charge is 0.313 e. The number of aliphatic hydroxyl groups is 1. The highest BCUT2D eigenvalue weighted by molar-refractivity contribution is 6.39. The first-order valence-corrected chi connectivity index (χ1v) is 7.84. The van der Waals surface area contributed by atoms with Crippen LogP contribution in [0.3, 0.4) is 0 Å². The molecule has 2 heterocycles. The van der Waals surface area contributed by atoms with Crippen molar-refractivity contribution >= 4 is 28.4 Å². The Bertz CT molecular complexity index is 738. The maximum Gasteiger partial charge on any atom is 0.313 e. The van der Waals surface area contributed by atoms with Gasteiger partial charge in [0.05, 0.1) is 0 Å². The number of aromatic nitrogens is 1. The van der Waals surface area contributed by atoms with E-state index in [1.54, 1.807) is 6.07 Å². The molecule has 0 radical (unpaired) electrons. The molecule has 0 aliphatic carbocycles. The fourth-order valence-electron chi connectivity index (χ4n) is 3.07. The van der Waals surface area contributed by atoms with Gasteiger partial charge in [0.25, 0.3) is 0 Å². The topological polar surface area (TPSA) is 74.6 Å². The zero-order valence-corrected chi connectivity index (χ0v) is 13.2. The molecule has 1 unspecified atom stereocenters. The van der Waals surface area contributed by atoms with Crippen LogP contribution in [0.15, 0.2) is 30.5 Å². The predicted octanol–water partition coefficient (Wildman–Crippen LogP) is 1.35. The van der Waals surface area contributed by atoms with Gasteiger partial charge in [-0.3, -0.25) is 9.59 Å². The quantitative estimate of drug-likeness (QED) is 0.822. The Morgan fingerprint density at radius 1 is 1.35 bits per heavy atom. The number of carbonyl (C=O) groups is 2. The zero-order valence-electron chi connectivity index (χ0n) is 13.2. The third kappa shape index (κ3) is 3.22. The summed E-state index contributed by atoms with van der Waals surface area (Å²) < 4.78 is 1.96. The molecule has 6 nitrogen and oxygen atoms in total. The molecule has 2 aromatic rings. The second kappa shape index (κ2) is 6.42. The monoisotopic (exact) mass is 315 g/mol. The molecule has 3 rings (SSSR count). The molecule has 1 saturated heterocycles. The van der Waals surface area contributed by atoms with Crippen LogP contribution in [0.2, 0.25) is 0 Å². The number of carbonyl (C=O) groups excluding carboxylic acids is 2. The Morgan fingerprint density at radius 2 is 2.17 bits per heavy atom. The largest absolute Gasteiger partial charge is 0.396 e. The number of piperidine rings is 1. The number of hydrogen-bond donors (Lipinski definition) is 2. The van der Waals surface area contributed by atoms with Crippen molar-refractivity contribution in [2.75, 3.05) is 25.0 Å². The number of fused-ring (bicyclic) bond motifs is 1. The SMILES string of the molecule is Cn1ccc2ccc(NC(=O)C(=O)N3CCCC(CO)C3)cc21. The van der Waals surface area contributed by atoms with E-state index in [2.05, 4.69) is 5.32 Å². The second-order valence-electron chi connectivity index (χ2n) is 6.10. The Kier molecular flexibility index (Phi) is 4.34. The van der Waals surface area contributed by atoms with Gasteiger partial charge in [0.2, 0.25) is 0 Å². The lowest BCUT2D eigenvalue weighted by Gasteiger charge is -2.31. The highest BCUT2D eigenvalue weighted by atomic mass is 16.3. The number of aliphatic hydroxyl groups excluding tert-OH is 1. The Morgan fingerprint density at radius 3 is 2.96 bits per heavy atom. The summed E-state index contributed by atoms with van der Waals surface area (Å²) in [5.74, 6) is -1.09. The molecule has 1 atom stereocenters. The third-order valence-electron chi connectivity index (χ3n) is 4.40. The van der Waals surface area contributed by atoms with Crippen LogP contribution in [0.5, 0.6) is 0 Å². The van der Waals surface area contributed by atoms with Crippen molar-refractivity contribution in [2.24, 2.45) is 13.0 Å². The van der Waals surface area contributed by atoms with E-state index in [-0.39, 0.29) is 12.5 Å². The van der Waals surface area contributed by atoms with Gasteiger partial charge in [0.1, 0.15) is 0 Å². The lowest BCUT2D eigenvalue weighted by atomic mass is 9.99. The van der Waals surface area contributed by atoms with Crippen molar-refractivity contribution < 1.29 is 14.7 Å². The Balaban J connectivity index is 1.69. The van der Waals surface area contributed by atoms with Crippen LogP contribution in [0.25, 0.3) is 10.9 Å². The summed E-state index contributed by atoms with van der Waals surface area (Å²) in [6.45, 7) is 1.06. The number of nitrogens with zero attached hydrogens (tertiary/aromatic N) is 2. The van der Waals surface area contributed by atoms with Crippen LogP contribution in [0, 0.1) is 5.92 Å². The molecule has 1 aliphatic heterocycles. The van der Waals surface area contributed by atoms with Crippen LogP contribution in [0.4, 0.5) is 5.69 Å². The fourth-order valence-corrected chi connectivity index (χ4v) is 3.07. The third-order valence-corrected chi connectivity index (χ3v) is 4.40. The number of benzene rings is 1. The van der Waals surface area contributed by atoms with E-state index in [1.165, 1.54) is 4.90 Å². The first kappa shape index (κ1) is 15.6. The van der Waals surface area contributed by atoms with Crippen LogP contribution >= 0.6 is 0 Å². The summed E-state index contributed by atoms with van der Waals surface area (Å²) in [7, 11) is 1.93. The van der Waals surface area contributed by atoms with Gasteiger partial charge >= 0.3 is 11.8 Å². The number of hydrogen-bond acceptors (Lipinski definition) is 3. The van der Waals surface area contributed by atoms with Gasteiger partial charge in [-0.15, -0.1) is 0 Å². The minimum atomic E-state index is -0.628. The maximum absolute atomic E-state index is 12.3. The van der Waals surface area contributed by atoms with Gasteiger partial charge < -0.3 is 19.9 Å². The van der Waals surface area contributed by atoms with Gasteiger partial charge in [-0.1, -0.05) is 6.07 Å². The molecule has 1 aromatic carbocycles. The Hall–Kier alpha value is -2.34. The maximum atomic E-state index is 12.3. The van der Waals surface area contributed by atoms with Crippen LogP contribution in [-0.2, 0) is 16.6 Å². The van der Waals surface area contributed by atoms with Crippen molar-refractivity contribution in [1.29, 1.82) is 0 Å². The molecule has 6 heteroatoms. The van der Waals surface area contributed by atoms with E-state index < -0.39 is 11.8 Å². The summed E-state index contributed by atoms with van der Waals surface area (Å²) in [5.41, 5.74) is 1.60. The van der Waals surface area contributed by atoms with Crippen LogP contribution in [0.1, 0.15) is 12.8 Å². The molecule has 122 valence electrons. The Labute approximate surface area is 134 Å². The molecule has 0 bridgehead atoms.